The van der Waals surface area contributed by atoms with E-state index in [0.717, 1.165) is 17.0 Å². The largest absolute Gasteiger partial charge is 0.355 e. The van der Waals surface area contributed by atoms with Crippen molar-refractivity contribution in [2.45, 2.75) is 24.5 Å². The lowest BCUT2D eigenvalue weighted by molar-refractivity contribution is 0.0954. The molecule has 1 aromatic carbocycles. The summed E-state index contributed by atoms with van der Waals surface area (Å²) in [6, 6.07) is 7.32. The van der Waals surface area contributed by atoms with Crippen LogP contribution in [0.5, 0.6) is 0 Å². The predicted octanol–water partition coefficient (Wildman–Crippen LogP) is 2.63. The minimum Gasteiger partial charge on any atom is -0.355 e. The SMILES string of the molecule is CN=C(NCCNC(=O)c1ccc(Br)cc1)NCC1(C)CCCS1. The molecule has 3 N–H and O–H groups in total. The molecule has 24 heavy (non-hydrogen) atoms. The van der Waals surface area contributed by atoms with E-state index in [0.29, 0.717) is 23.4 Å². The number of nitrogens with one attached hydrogen (secondary N) is 3. The number of carbonyl (C=O) groups is 1. The number of hydrogen-bond donors (Lipinski definition) is 3. The second-order valence-corrected chi connectivity index (χ2v) is 8.62. The fourth-order valence-corrected chi connectivity index (χ4v) is 4.04. The molecule has 1 saturated heterocycles. The zero-order valence-electron chi connectivity index (χ0n) is 14.2. The molecule has 1 unspecified atom stereocenters. The van der Waals surface area contributed by atoms with Crippen LogP contribution >= 0.6 is 27.7 Å². The first-order valence-electron chi connectivity index (χ1n) is 8.15. The van der Waals surface area contributed by atoms with Crippen LogP contribution in [0.4, 0.5) is 0 Å². The summed E-state index contributed by atoms with van der Waals surface area (Å²) < 4.78 is 1.26. The maximum absolute atomic E-state index is 12.0. The number of benzene rings is 1. The van der Waals surface area contributed by atoms with E-state index in [2.05, 4.69) is 43.8 Å². The second kappa shape index (κ2) is 9.32. The van der Waals surface area contributed by atoms with Gasteiger partial charge in [-0.15, -0.1) is 0 Å². The topological polar surface area (TPSA) is 65.5 Å². The number of amides is 1. The minimum atomic E-state index is -0.0675. The summed E-state index contributed by atoms with van der Waals surface area (Å²) >= 11 is 5.38. The maximum Gasteiger partial charge on any atom is 0.251 e. The molecular weight excluding hydrogens is 388 g/mol. The summed E-state index contributed by atoms with van der Waals surface area (Å²) in [6.07, 6.45) is 2.53. The Kier molecular flexibility index (Phi) is 7.42. The summed E-state index contributed by atoms with van der Waals surface area (Å²) in [6.45, 7) is 4.37. The number of aliphatic imine (C=N–C) groups is 1. The Bertz CT molecular complexity index is 570. The van der Waals surface area contributed by atoms with E-state index in [-0.39, 0.29) is 5.91 Å². The van der Waals surface area contributed by atoms with Gasteiger partial charge in [-0.05, 0) is 49.8 Å². The summed E-state index contributed by atoms with van der Waals surface area (Å²) in [5.74, 6) is 1.95. The highest BCUT2D eigenvalue weighted by Gasteiger charge is 2.29. The van der Waals surface area contributed by atoms with E-state index in [1.807, 2.05) is 23.9 Å². The third kappa shape index (κ3) is 6.02. The van der Waals surface area contributed by atoms with Crippen molar-refractivity contribution < 1.29 is 4.79 Å². The normalized spacial score (nSPS) is 20.7. The molecule has 0 bridgehead atoms. The van der Waals surface area contributed by atoms with Gasteiger partial charge < -0.3 is 16.0 Å². The van der Waals surface area contributed by atoms with E-state index >= 15 is 0 Å². The molecule has 0 aliphatic carbocycles. The average Bonchev–Trinajstić information content (AvgIpc) is 3.01. The van der Waals surface area contributed by atoms with Gasteiger partial charge in [0.15, 0.2) is 5.96 Å². The molecule has 0 radical (unpaired) electrons. The molecule has 132 valence electrons. The van der Waals surface area contributed by atoms with Gasteiger partial charge in [0.2, 0.25) is 0 Å². The van der Waals surface area contributed by atoms with Gasteiger partial charge in [0.25, 0.3) is 5.91 Å². The van der Waals surface area contributed by atoms with Gasteiger partial charge >= 0.3 is 0 Å². The van der Waals surface area contributed by atoms with Crippen LogP contribution in [0.2, 0.25) is 0 Å². The molecule has 1 fully saturated rings. The van der Waals surface area contributed by atoms with Crippen LogP contribution in [0.25, 0.3) is 0 Å². The lowest BCUT2D eigenvalue weighted by atomic mass is 10.1. The predicted molar refractivity (Wildman–Crippen MR) is 106 cm³/mol. The van der Waals surface area contributed by atoms with Crippen LogP contribution in [-0.4, -0.2) is 49.0 Å². The Morgan fingerprint density at radius 2 is 1.96 bits per heavy atom. The summed E-state index contributed by atoms with van der Waals surface area (Å²) in [4.78, 5) is 16.2. The number of nitrogens with zero attached hydrogens (tertiary/aromatic N) is 1. The zero-order valence-corrected chi connectivity index (χ0v) is 16.6. The fraction of sp³-hybridized carbons (Fsp3) is 0.529. The second-order valence-electron chi connectivity index (χ2n) is 6.02. The lowest BCUT2D eigenvalue weighted by Gasteiger charge is -2.24. The van der Waals surface area contributed by atoms with Crippen LogP contribution in [0.15, 0.2) is 33.7 Å². The average molecular weight is 413 g/mol. The Morgan fingerprint density at radius 1 is 1.25 bits per heavy atom. The standard InChI is InChI=1S/C17H25BrN4OS/c1-17(8-3-11-24-17)12-22-16(19-2)21-10-9-20-15(23)13-4-6-14(18)7-5-13/h4-7H,3,8-12H2,1-2H3,(H,20,23)(H2,19,21,22). The Morgan fingerprint density at radius 3 is 2.58 bits per heavy atom. The number of thioether (sulfide) groups is 1. The van der Waals surface area contributed by atoms with Crippen LogP contribution < -0.4 is 16.0 Å². The molecule has 2 rings (SSSR count). The summed E-state index contributed by atoms with van der Waals surface area (Å²) in [7, 11) is 1.76. The number of guanidine groups is 1. The van der Waals surface area contributed by atoms with Gasteiger partial charge in [0, 0.05) is 41.5 Å². The van der Waals surface area contributed by atoms with E-state index in [1.165, 1.54) is 18.6 Å². The van der Waals surface area contributed by atoms with E-state index in [9.17, 15) is 4.79 Å². The van der Waals surface area contributed by atoms with E-state index in [1.54, 1.807) is 19.2 Å². The van der Waals surface area contributed by atoms with Crippen LogP contribution in [0, 0.1) is 0 Å². The Balaban J connectivity index is 1.66. The van der Waals surface area contributed by atoms with Gasteiger partial charge in [0.1, 0.15) is 0 Å². The number of rotatable bonds is 6. The van der Waals surface area contributed by atoms with Gasteiger partial charge in [-0.25, -0.2) is 0 Å². The fourth-order valence-electron chi connectivity index (χ4n) is 2.53. The maximum atomic E-state index is 12.0. The van der Waals surface area contributed by atoms with Crippen molar-refractivity contribution in [1.29, 1.82) is 0 Å². The molecule has 1 aliphatic heterocycles. The van der Waals surface area contributed by atoms with E-state index < -0.39 is 0 Å². The van der Waals surface area contributed by atoms with Gasteiger partial charge in [-0.2, -0.15) is 11.8 Å². The lowest BCUT2D eigenvalue weighted by Crippen LogP contribution is -2.45. The molecule has 1 atom stereocenters. The van der Waals surface area contributed by atoms with Crippen molar-refractivity contribution in [3.05, 3.63) is 34.3 Å². The molecule has 1 aromatic rings. The smallest absolute Gasteiger partial charge is 0.251 e. The molecule has 1 heterocycles. The zero-order chi connectivity index (χ0) is 17.4. The highest BCUT2D eigenvalue weighted by Crippen LogP contribution is 2.36. The van der Waals surface area contributed by atoms with Gasteiger partial charge in [-0.1, -0.05) is 15.9 Å². The van der Waals surface area contributed by atoms with Crippen molar-refractivity contribution in [2.75, 3.05) is 32.4 Å². The molecule has 0 aromatic heterocycles. The number of hydrogen-bond acceptors (Lipinski definition) is 3. The van der Waals surface area contributed by atoms with E-state index in [4.69, 9.17) is 0 Å². The number of carbonyl (C=O) groups excluding carboxylic acids is 1. The van der Waals surface area contributed by atoms with Gasteiger partial charge in [0.05, 0.1) is 0 Å². The van der Waals surface area contributed by atoms with Crippen LogP contribution in [0.1, 0.15) is 30.1 Å². The first-order chi connectivity index (χ1) is 11.5. The van der Waals surface area contributed by atoms with Crippen molar-refractivity contribution in [1.82, 2.24) is 16.0 Å². The van der Waals surface area contributed by atoms with Crippen molar-refractivity contribution in [3.63, 3.8) is 0 Å². The first kappa shape index (κ1) is 19.1. The first-order valence-corrected chi connectivity index (χ1v) is 9.92. The van der Waals surface area contributed by atoms with Crippen molar-refractivity contribution in [2.24, 2.45) is 4.99 Å². The Hall–Kier alpha value is -1.21. The van der Waals surface area contributed by atoms with Crippen molar-refractivity contribution in [3.8, 4) is 0 Å². The monoisotopic (exact) mass is 412 g/mol. The molecule has 5 nitrogen and oxygen atoms in total. The quantitative estimate of drug-likeness (QED) is 0.381. The highest BCUT2D eigenvalue weighted by molar-refractivity contribution is 9.10. The third-order valence-electron chi connectivity index (χ3n) is 3.96. The summed E-state index contributed by atoms with van der Waals surface area (Å²) in [5, 5.41) is 9.51. The minimum absolute atomic E-state index is 0.0675. The molecular formula is C17H25BrN4OS. The molecule has 1 aliphatic rings. The van der Waals surface area contributed by atoms with Crippen LogP contribution in [0.3, 0.4) is 0 Å². The molecule has 1 amide bonds. The number of halogens is 1. The Labute approximate surface area is 156 Å². The van der Waals surface area contributed by atoms with Gasteiger partial charge in [-0.3, -0.25) is 9.79 Å². The highest BCUT2D eigenvalue weighted by atomic mass is 79.9. The summed E-state index contributed by atoms with van der Waals surface area (Å²) in [5.41, 5.74) is 0.659. The third-order valence-corrected chi connectivity index (χ3v) is 6.03. The molecule has 7 heteroatoms. The molecule has 0 spiro atoms. The van der Waals surface area contributed by atoms with Crippen molar-refractivity contribution >= 4 is 39.6 Å². The van der Waals surface area contributed by atoms with Crippen LogP contribution in [-0.2, 0) is 0 Å². The molecule has 0 saturated carbocycles.